The maximum atomic E-state index is 12.4. The van der Waals surface area contributed by atoms with Crippen molar-refractivity contribution >= 4 is 11.9 Å². The monoisotopic (exact) mass is 362 g/mol. The highest BCUT2D eigenvalue weighted by atomic mass is 16.7. The summed E-state index contributed by atoms with van der Waals surface area (Å²) >= 11 is 0. The fourth-order valence-electron chi connectivity index (χ4n) is 4.65. The average molecular weight is 362 g/mol. The van der Waals surface area contributed by atoms with Crippen LogP contribution in [0, 0.1) is 23.7 Å². The van der Waals surface area contributed by atoms with Crippen LogP contribution in [0.15, 0.2) is 35.5 Å². The molecule has 0 aromatic heterocycles. The first-order valence-electron chi connectivity index (χ1n) is 8.97. The van der Waals surface area contributed by atoms with E-state index in [1.54, 1.807) is 6.92 Å². The number of ether oxygens (including phenoxy) is 2. The number of allylic oxidation sites excluding steroid dienone is 1. The van der Waals surface area contributed by atoms with Crippen LogP contribution in [0.1, 0.15) is 33.6 Å². The number of hydrogen-bond acceptors (Lipinski definition) is 6. The van der Waals surface area contributed by atoms with Crippen molar-refractivity contribution in [3.05, 3.63) is 35.5 Å². The molecule has 1 saturated heterocycles. The largest absolute Gasteiger partial charge is 0.461 e. The number of hydrogen-bond donors (Lipinski definition) is 2. The van der Waals surface area contributed by atoms with E-state index in [1.165, 1.54) is 13.0 Å². The Bertz CT molecular complexity index is 705. The fraction of sp³-hybridized carbons (Fsp3) is 0.600. The summed E-state index contributed by atoms with van der Waals surface area (Å²) in [5, 5.41) is 20.3. The Morgan fingerprint density at radius 2 is 2.23 bits per heavy atom. The Morgan fingerprint density at radius 3 is 2.88 bits per heavy atom. The molecule has 1 saturated carbocycles. The summed E-state index contributed by atoms with van der Waals surface area (Å²) in [5.74, 6) is -4.25. The summed E-state index contributed by atoms with van der Waals surface area (Å²) < 4.78 is 11.1. The number of esters is 2. The van der Waals surface area contributed by atoms with E-state index < -0.39 is 29.7 Å². The molecular formula is C20H26O6. The van der Waals surface area contributed by atoms with Crippen molar-refractivity contribution in [1.82, 2.24) is 0 Å². The fourth-order valence-corrected chi connectivity index (χ4v) is 4.65. The zero-order chi connectivity index (χ0) is 19.2. The summed E-state index contributed by atoms with van der Waals surface area (Å²) in [6.07, 6.45) is 3.73. The van der Waals surface area contributed by atoms with E-state index in [9.17, 15) is 14.7 Å². The van der Waals surface area contributed by atoms with Gasteiger partial charge in [0.25, 0.3) is 0 Å². The second kappa shape index (κ2) is 6.67. The second-order valence-electron chi connectivity index (χ2n) is 7.67. The SMILES string of the molecule is C=C1C[C@@](O)(OC(=O)/C(C)=C/CO)[C@@H]2[C@H](OC(=O)[C@H]2C)[C@H]2C(C)=CC[C@@H]12. The molecule has 142 valence electrons. The van der Waals surface area contributed by atoms with E-state index in [2.05, 4.69) is 12.7 Å². The van der Waals surface area contributed by atoms with Crippen LogP contribution in [0.4, 0.5) is 0 Å². The smallest absolute Gasteiger partial charge is 0.335 e. The first-order valence-corrected chi connectivity index (χ1v) is 8.97. The number of aliphatic hydroxyl groups excluding tert-OH is 1. The average Bonchev–Trinajstić information content (AvgIpc) is 3.05. The molecule has 2 N–H and O–H groups in total. The number of carbonyl (C=O) groups excluding carboxylic acids is 2. The van der Waals surface area contributed by atoms with Gasteiger partial charge in [-0.15, -0.1) is 0 Å². The third-order valence-electron chi connectivity index (χ3n) is 6.04. The lowest BCUT2D eigenvalue weighted by Crippen LogP contribution is -2.49. The molecule has 0 aromatic carbocycles. The van der Waals surface area contributed by atoms with Gasteiger partial charge in [-0.1, -0.05) is 30.7 Å². The molecule has 0 bridgehead atoms. The van der Waals surface area contributed by atoms with Gasteiger partial charge in [-0.05, 0) is 32.3 Å². The van der Waals surface area contributed by atoms with Crippen molar-refractivity contribution in [3.63, 3.8) is 0 Å². The van der Waals surface area contributed by atoms with Crippen LogP contribution in [0.3, 0.4) is 0 Å². The number of rotatable bonds is 3. The standard InChI is InChI=1S/C20H26O6/c1-10-5-6-14-12(3)9-20(24,26-18(22)11(2)7-8-21)16-13(4)19(23)25-17(16)15(10)14/h5,7,13-17,21,24H,3,6,8-9H2,1-2,4H3/b11-7+/t13-,14-,15-,16-,17+,20+/m0/s1. The Hall–Kier alpha value is -1.92. The molecule has 0 unspecified atom stereocenters. The maximum absolute atomic E-state index is 12.4. The minimum Gasteiger partial charge on any atom is -0.461 e. The minimum atomic E-state index is -1.88. The van der Waals surface area contributed by atoms with Crippen LogP contribution >= 0.6 is 0 Å². The summed E-state index contributed by atoms with van der Waals surface area (Å²) in [6.45, 7) is 9.02. The molecule has 26 heavy (non-hydrogen) atoms. The molecule has 1 aliphatic heterocycles. The van der Waals surface area contributed by atoms with Gasteiger partial charge in [0.15, 0.2) is 0 Å². The van der Waals surface area contributed by atoms with Crippen molar-refractivity contribution < 1.29 is 29.3 Å². The van der Waals surface area contributed by atoms with E-state index in [-0.39, 0.29) is 36.4 Å². The predicted octanol–water partition coefficient (Wildman–Crippen LogP) is 1.88. The zero-order valence-corrected chi connectivity index (χ0v) is 15.4. The normalized spacial score (nSPS) is 39.7. The molecule has 6 heteroatoms. The van der Waals surface area contributed by atoms with Crippen molar-refractivity contribution in [2.75, 3.05) is 6.61 Å². The highest BCUT2D eigenvalue weighted by Gasteiger charge is 2.62. The van der Waals surface area contributed by atoms with Gasteiger partial charge >= 0.3 is 11.9 Å². The maximum Gasteiger partial charge on any atom is 0.335 e. The highest BCUT2D eigenvalue weighted by Crippen LogP contribution is 2.54. The molecule has 0 spiro atoms. The lowest BCUT2D eigenvalue weighted by atomic mass is 9.77. The summed E-state index contributed by atoms with van der Waals surface area (Å²) in [6, 6.07) is 0. The van der Waals surface area contributed by atoms with Crippen molar-refractivity contribution in [3.8, 4) is 0 Å². The molecule has 3 aliphatic rings. The van der Waals surface area contributed by atoms with Gasteiger partial charge in [-0.25, -0.2) is 4.79 Å². The number of fused-ring (bicyclic) bond motifs is 3. The minimum absolute atomic E-state index is 0.0526. The van der Waals surface area contributed by atoms with Crippen LogP contribution in [0.2, 0.25) is 0 Å². The van der Waals surface area contributed by atoms with Gasteiger partial charge in [-0.3, -0.25) is 4.79 Å². The van der Waals surface area contributed by atoms with Crippen LogP contribution < -0.4 is 0 Å². The quantitative estimate of drug-likeness (QED) is 0.345. The molecule has 2 aliphatic carbocycles. The number of aliphatic hydroxyl groups is 2. The number of carbonyl (C=O) groups is 2. The predicted molar refractivity (Wildman–Crippen MR) is 93.5 cm³/mol. The summed E-state index contributed by atoms with van der Waals surface area (Å²) in [7, 11) is 0. The van der Waals surface area contributed by atoms with Gasteiger partial charge in [-0.2, -0.15) is 0 Å². The van der Waals surface area contributed by atoms with E-state index in [0.717, 1.165) is 17.6 Å². The first-order chi connectivity index (χ1) is 12.2. The van der Waals surface area contributed by atoms with Gasteiger partial charge < -0.3 is 19.7 Å². The van der Waals surface area contributed by atoms with Gasteiger partial charge in [0.2, 0.25) is 5.79 Å². The third-order valence-corrected chi connectivity index (χ3v) is 6.04. The van der Waals surface area contributed by atoms with Crippen LogP contribution in [-0.4, -0.2) is 40.6 Å². The first kappa shape index (κ1) is 18.9. The molecule has 6 nitrogen and oxygen atoms in total. The molecule has 1 heterocycles. The summed E-state index contributed by atoms with van der Waals surface area (Å²) in [4.78, 5) is 24.7. The Kier molecular flexibility index (Phi) is 4.84. The summed E-state index contributed by atoms with van der Waals surface area (Å²) in [5.41, 5.74) is 2.10. The zero-order valence-electron chi connectivity index (χ0n) is 15.4. The van der Waals surface area contributed by atoms with Crippen molar-refractivity contribution in [1.29, 1.82) is 0 Å². The van der Waals surface area contributed by atoms with E-state index >= 15 is 0 Å². The molecule has 6 atom stereocenters. The molecule has 0 amide bonds. The molecule has 2 fully saturated rings. The molecule has 0 radical (unpaired) electrons. The second-order valence-corrected chi connectivity index (χ2v) is 7.67. The van der Waals surface area contributed by atoms with Gasteiger partial charge in [0.05, 0.1) is 18.4 Å². The van der Waals surface area contributed by atoms with Crippen LogP contribution in [-0.2, 0) is 19.1 Å². The van der Waals surface area contributed by atoms with Crippen LogP contribution in [0.25, 0.3) is 0 Å². The van der Waals surface area contributed by atoms with Gasteiger partial charge in [0, 0.05) is 17.9 Å². The van der Waals surface area contributed by atoms with E-state index in [0.29, 0.717) is 0 Å². The van der Waals surface area contributed by atoms with Gasteiger partial charge in [0.1, 0.15) is 6.10 Å². The molecule has 0 aromatic rings. The third kappa shape index (κ3) is 2.91. The van der Waals surface area contributed by atoms with E-state index in [4.69, 9.17) is 14.6 Å². The Balaban J connectivity index is 2.00. The lowest BCUT2D eigenvalue weighted by Gasteiger charge is -2.36. The Morgan fingerprint density at radius 1 is 1.54 bits per heavy atom. The molecular weight excluding hydrogens is 336 g/mol. The van der Waals surface area contributed by atoms with Crippen LogP contribution in [0.5, 0.6) is 0 Å². The topological polar surface area (TPSA) is 93.1 Å². The highest BCUT2D eigenvalue weighted by molar-refractivity contribution is 5.88. The van der Waals surface area contributed by atoms with E-state index in [1.807, 2.05) is 6.92 Å². The molecule has 3 rings (SSSR count). The lowest BCUT2D eigenvalue weighted by molar-refractivity contribution is -0.237. The van der Waals surface area contributed by atoms with Crippen molar-refractivity contribution in [2.45, 2.75) is 45.5 Å². The van der Waals surface area contributed by atoms with Crippen molar-refractivity contribution in [2.24, 2.45) is 23.7 Å². The Labute approximate surface area is 153 Å².